The third-order valence-corrected chi connectivity index (χ3v) is 2.08. The van der Waals surface area contributed by atoms with Gasteiger partial charge in [-0.15, -0.1) is 0 Å². The maximum Gasteiger partial charge on any atom is 0.328 e. The molecule has 0 atom stereocenters. The zero-order valence-corrected chi connectivity index (χ0v) is 9.69. The maximum absolute atomic E-state index is 11.1. The van der Waals surface area contributed by atoms with Gasteiger partial charge in [-0.25, -0.2) is 4.79 Å². The standard InChI is InChI=1S/C10H9BrN2O3/c11-7-1-3-8(4-2-7)12-13-9(14)5-6-10(15)16/h1-6,12H,(H,13,14)(H,15,16)/b6-5-. The predicted molar refractivity (Wildman–Crippen MR) is 62.7 cm³/mol. The van der Waals surface area contributed by atoms with Gasteiger partial charge in [-0.3, -0.25) is 15.6 Å². The van der Waals surface area contributed by atoms with Crippen LogP contribution in [0.25, 0.3) is 0 Å². The lowest BCUT2D eigenvalue weighted by Crippen LogP contribution is -2.27. The Morgan fingerprint density at radius 3 is 2.38 bits per heavy atom. The van der Waals surface area contributed by atoms with Crippen LogP contribution in [0.2, 0.25) is 0 Å². The first kappa shape index (κ1) is 12.3. The molecule has 0 bridgehead atoms. The Labute approximate surface area is 100 Å². The lowest BCUT2D eigenvalue weighted by atomic mass is 10.3. The van der Waals surface area contributed by atoms with Crippen molar-refractivity contribution in [2.24, 2.45) is 0 Å². The van der Waals surface area contributed by atoms with Gasteiger partial charge in [0, 0.05) is 16.6 Å². The lowest BCUT2D eigenvalue weighted by molar-refractivity contribution is -0.131. The molecule has 1 amide bonds. The van der Waals surface area contributed by atoms with E-state index in [0.29, 0.717) is 5.69 Å². The summed E-state index contributed by atoms with van der Waals surface area (Å²) in [6.45, 7) is 0. The summed E-state index contributed by atoms with van der Waals surface area (Å²) in [4.78, 5) is 21.2. The average molecular weight is 285 g/mol. The first-order valence-corrected chi connectivity index (χ1v) is 5.10. The molecule has 1 aromatic carbocycles. The summed E-state index contributed by atoms with van der Waals surface area (Å²) in [6.07, 6.45) is 1.69. The number of anilines is 1. The molecule has 0 fully saturated rings. The molecule has 5 nitrogen and oxygen atoms in total. The van der Waals surface area contributed by atoms with Gasteiger partial charge in [-0.1, -0.05) is 15.9 Å². The minimum atomic E-state index is -1.17. The van der Waals surface area contributed by atoms with Crippen molar-refractivity contribution in [1.82, 2.24) is 5.43 Å². The Bertz CT molecular complexity index is 415. The molecule has 16 heavy (non-hydrogen) atoms. The third-order valence-electron chi connectivity index (χ3n) is 1.55. The summed E-state index contributed by atoms with van der Waals surface area (Å²) in [5.41, 5.74) is 5.64. The van der Waals surface area contributed by atoms with E-state index in [2.05, 4.69) is 26.8 Å². The molecule has 6 heteroatoms. The van der Waals surface area contributed by atoms with Crippen LogP contribution >= 0.6 is 15.9 Å². The second-order valence-electron chi connectivity index (χ2n) is 2.79. The fourth-order valence-electron chi connectivity index (χ4n) is 0.856. The van der Waals surface area contributed by atoms with Gasteiger partial charge in [0.05, 0.1) is 5.69 Å². The quantitative estimate of drug-likeness (QED) is 0.579. The molecule has 0 saturated carbocycles. The summed E-state index contributed by atoms with van der Waals surface area (Å²) in [6, 6.07) is 7.12. The lowest BCUT2D eigenvalue weighted by Gasteiger charge is -2.05. The van der Waals surface area contributed by atoms with Gasteiger partial charge < -0.3 is 5.11 Å². The van der Waals surface area contributed by atoms with Crippen molar-refractivity contribution < 1.29 is 14.7 Å². The second kappa shape index (κ2) is 5.92. The number of amides is 1. The van der Waals surface area contributed by atoms with E-state index < -0.39 is 11.9 Å². The van der Waals surface area contributed by atoms with Crippen molar-refractivity contribution in [3.05, 3.63) is 40.9 Å². The van der Waals surface area contributed by atoms with Crippen molar-refractivity contribution in [2.45, 2.75) is 0 Å². The van der Waals surface area contributed by atoms with Gasteiger partial charge in [0.15, 0.2) is 0 Å². The molecule has 0 spiro atoms. The molecule has 0 aliphatic heterocycles. The zero-order chi connectivity index (χ0) is 12.0. The first-order chi connectivity index (χ1) is 7.58. The van der Waals surface area contributed by atoms with E-state index in [4.69, 9.17) is 5.11 Å². The van der Waals surface area contributed by atoms with E-state index in [1.165, 1.54) is 0 Å². The van der Waals surface area contributed by atoms with Gasteiger partial charge >= 0.3 is 5.97 Å². The van der Waals surface area contributed by atoms with Crippen LogP contribution in [0, 0.1) is 0 Å². The second-order valence-corrected chi connectivity index (χ2v) is 3.71. The van der Waals surface area contributed by atoms with Crippen molar-refractivity contribution in [3.63, 3.8) is 0 Å². The highest BCUT2D eigenvalue weighted by molar-refractivity contribution is 9.10. The number of carbonyl (C=O) groups is 2. The number of carboxylic acid groups (broad SMARTS) is 1. The number of hydrazine groups is 1. The van der Waals surface area contributed by atoms with Crippen molar-refractivity contribution in [3.8, 4) is 0 Å². The van der Waals surface area contributed by atoms with Crippen molar-refractivity contribution in [2.75, 3.05) is 5.43 Å². The monoisotopic (exact) mass is 284 g/mol. The summed E-state index contributed by atoms with van der Waals surface area (Å²) in [7, 11) is 0. The Morgan fingerprint density at radius 1 is 1.19 bits per heavy atom. The first-order valence-electron chi connectivity index (χ1n) is 4.30. The molecule has 3 N–H and O–H groups in total. The van der Waals surface area contributed by atoms with E-state index in [-0.39, 0.29) is 0 Å². The fraction of sp³-hybridized carbons (Fsp3) is 0. The molecule has 0 aliphatic carbocycles. The summed E-state index contributed by atoms with van der Waals surface area (Å²) >= 11 is 3.27. The number of carboxylic acids is 1. The number of hydrogen-bond acceptors (Lipinski definition) is 3. The number of benzene rings is 1. The topological polar surface area (TPSA) is 78.4 Å². The van der Waals surface area contributed by atoms with Gasteiger partial charge in [0.25, 0.3) is 5.91 Å². The van der Waals surface area contributed by atoms with Crippen LogP contribution in [-0.4, -0.2) is 17.0 Å². The molecule has 0 heterocycles. The van der Waals surface area contributed by atoms with Crippen LogP contribution in [0.5, 0.6) is 0 Å². The molecule has 0 aliphatic rings. The Balaban J connectivity index is 2.43. The smallest absolute Gasteiger partial charge is 0.328 e. The highest BCUT2D eigenvalue weighted by Crippen LogP contribution is 2.12. The van der Waals surface area contributed by atoms with Crippen LogP contribution in [0.15, 0.2) is 40.9 Å². The van der Waals surface area contributed by atoms with Crippen LogP contribution < -0.4 is 10.9 Å². The molecule has 0 radical (unpaired) electrons. The highest BCUT2D eigenvalue weighted by atomic mass is 79.9. The number of aliphatic carboxylic acids is 1. The molecular formula is C10H9BrN2O3. The summed E-state index contributed by atoms with van der Waals surface area (Å²) in [5.74, 6) is -1.70. The van der Waals surface area contributed by atoms with Crippen LogP contribution in [0.3, 0.4) is 0 Å². The molecule has 1 rings (SSSR count). The molecule has 0 aromatic heterocycles. The van der Waals surface area contributed by atoms with Gasteiger partial charge in [0.2, 0.25) is 0 Å². The number of halogens is 1. The van der Waals surface area contributed by atoms with E-state index in [0.717, 1.165) is 16.6 Å². The molecule has 1 aromatic rings. The van der Waals surface area contributed by atoms with E-state index in [1.54, 1.807) is 12.1 Å². The minimum absolute atomic E-state index is 0.537. The minimum Gasteiger partial charge on any atom is -0.478 e. The normalized spacial score (nSPS) is 10.1. The predicted octanol–water partition coefficient (Wildman–Crippen LogP) is 1.53. The molecular weight excluding hydrogens is 276 g/mol. The summed E-state index contributed by atoms with van der Waals surface area (Å²) in [5, 5.41) is 8.29. The molecule has 0 unspecified atom stereocenters. The van der Waals surface area contributed by atoms with Crippen LogP contribution in [0.4, 0.5) is 5.69 Å². The zero-order valence-electron chi connectivity index (χ0n) is 8.11. The molecule has 0 saturated heterocycles. The van der Waals surface area contributed by atoms with E-state index in [1.807, 2.05) is 12.1 Å². The third kappa shape index (κ3) is 4.61. The van der Waals surface area contributed by atoms with E-state index >= 15 is 0 Å². The number of nitrogens with one attached hydrogen (secondary N) is 2. The van der Waals surface area contributed by atoms with Gasteiger partial charge in [0.1, 0.15) is 0 Å². The Kier molecular flexibility index (Phi) is 4.53. The van der Waals surface area contributed by atoms with E-state index in [9.17, 15) is 9.59 Å². The van der Waals surface area contributed by atoms with Crippen molar-refractivity contribution in [1.29, 1.82) is 0 Å². The Hall–Kier alpha value is -1.82. The number of carbonyl (C=O) groups excluding carboxylic acids is 1. The van der Waals surface area contributed by atoms with Gasteiger partial charge in [-0.2, -0.15) is 0 Å². The SMILES string of the molecule is O=C(O)/C=C\C(=O)NNc1ccc(Br)cc1. The average Bonchev–Trinajstić information content (AvgIpc) is 2.25. The maximum atomic E-state index is 11.1. The van der Waals surface area contributed by atoms with Crippen LogP contribution in [-0.2, 0) is 9.59 Å². The van der Waals surface area contributed by atoms with Gasteiger partial charge in [-0.05, 0) is 24.3 Å². The largest absolute Gasteiger partial charge is 0.478 e. The summed E-state index contributed by atoms with van der Waals surface area (Å²) < 4.78 is 0.926. The number of hydrogen-bond donors (Lipinski definition) is 3. The number of rotatable bonds is 4. The Morgan fingerprint density at radius 2 is 1.81 bits per heavy atom. The van der Waals surface area contributed by atoms with Crippen LogP contribution in [0.1, 0.15) is 0 Å². The highest BCUT2D eigenvalue weighted by Gasteiger charge is 1.96. The fourth-order valence-corrected chi connectivity index (χ4v) is 1.12. The van der Waals surface area contributed by atoms with Crippen molar-refractivity contribution >= 4 is 33.5 Å². The molecule has 84 valence electrons.